The number of ether oxygens (including phenoxy) is 2. The fourth-order valence-electron chi connectivity index (χ4n) is 3.09. The molecule has 2 aromatic carbocycles. The second-order valence-corrected chi connectivity index (χ2v) is 6.74. The second kappa shape index (κ2) is 8.62. The van der Waals surface area contributed by atoms with Crippen LogP contribution < -0.4 is 10.1 Å². The molecule has 9 heteroatoms. The van der Waals surface area contributed by atoms with E-state index in [1.54, 1.807) is 24.3 Å². The zero-order valence-electron chi connectivity index (χ0n) is 15.2. The Labute approximate surface area is 163 Å². The minimum Gasteiger partial charge on any atom is -0.489 e. The number of hydrogen-bond acceptors (Lipinski definition) is 3. The summed E-state index contributed by atoms with van der Waals surface area (Å²) in [4.78, 5) is 0. The average Bonchev–Trinajstić information content (AvgIpc) is 2.66. The Morgan fingerprint density at radius 1 is 0.966 bits per heavy atom. The van der Waals surface area contributed by atoms with Gasteiger partial charge in [0.15, 0.2) is 0 Å². The van der Waals surface area contributed by atoms with Gasteiger partial charge in [0.05, 0.1) is 24.3 Å². The van der Waals surface area contributed by atoms with E-state index in [4.69, 9.17) is 9.47 Å². The molecule has 0 unspecified atom stereocenters. The third-order valence-corrected chi connectivity index (χ3v) is 4.48. The molecule has 1 heterocycles. The van der Waals surface area contributed by atoms with Crippen LogP contribution in [0.3, 0.4) is 0 Å². The smallest absolute Gasteiger partial charge is 0.416 e. The van der Waals surface area contributed by atoms with Gasteiger partial charge in [-0.3, -0.25) is 0 Å². The lowest BCUT2D eigenvalue weighted by molar-refractivity contribution is -0.143. The van der Waals surface area contributed by atoms with Crippen LogP contribution in [0.25, 0.3) is 0 Å². The molecule has 0 amide bonds. The molecule has 0 aliphatic carbocycles. The van der Waals surface area contributed by atoms with Gasteiger partial charge in [-0.1, -0.05) is 18.2 Å². The standard InChI is InChI=1S/C20H19F6NO2/c21-19(22,23)15-7-13(8-16(10-15)20(24,25)26)11-29-18-4-2-1-3-14(18)9-17-12-28-6-5-27-17/h1-4,7-8,10,17,27H,5-6,9,11-12H2/t17-/m0/s1. The molecule has 0 radical (unpaired) electrons. The summed E-state index contributed by atoms with van der Waals surface area (Å²) < 4.78 is 89.0. The summed E-state index contributed by atoms with van der Waals surface area (Å²) in [6.45, 7) is 1.42. The normalized spacial score (nSPS) is 17.9. The van der Waals surface area contributed by atoms with Crippen LogP contribution in [0.1, 0.15) is 22.3 Å². The molecule has 0 bridgehead atoms. The summed E-state index contributed by atoms with van der Waals surface area (Å²) in [6, 6.07) is 8.43. The maximum absolute atomic E-state index is 13.0. The van der Waals surface area contributed by atoms with Crippen molar-refractivity contribution in [3.05, 3.63) is 64.7 Å². The van der Waals surface area contributed by atoms with E-state index in [2.05, 4.69) is 5.32 Å². The molecule has 1 atom stereocenters. The molecule has 2 aromatic rings. The van der Waals surface area contributed by atoms with Gasteiger partial charge in [0.25, 0.3) is 0 Å². The molecule has 1 saturated heterocycles. The summed E-state index contributed by atoms with van der Waals surface area (Å²) in [5.41, 5.74) is -2.13. The molecule has 1 fully saturated rings. The highest BCUT2D eigenvalue weighted by Crippen LogP contribution is 2.36. The summed E-state index contributed by atoms with van der Waals surface area (Å²) in [5, 5.41) is 3.29. The van der Waals surface area contributed by atoms with E-state index in [9.17, 15) is 26.3 Å². The van der Waals surface area contributed by atoms with Gasteiger partial charge in [-0.15, -0.1) is 0 Å². The number of para-hydroxylation sites is 1. The van der Waals surface area contributed by atoms with Gasteiger partial charge in [-0.2, -0.15) is 26.3 Å². The molecule has 158 valence electrons. The zero-order chi connectivity index (χ0) is 21.1. The van der Waals surface area contributed by atoms with Gasteiger partial charge in [0.2, 0.25) is 0 Å². The minimum absolute atomic E-state index is 0.0545. The van der Waals surface area contributed by atoms with E-state index < -0.39 is 30.1 Å². The van der Waals surface area contributed by atoms with Crippen molar-refractivity contribution >= 4 is 0 Å². The van der Waals surface area contributed by atoms with Crippen molar-refractivity contribution in [1.82, 2.24) is 5.32 Å². The van der Waals surface area contributed by atoms with Crippen LogP contribution in [0.2, 0.25) is 0 Å². The Bertz CT molecular complexity index is 796. The molecule has 1 N–H and O–H groups in total. The van der Waals surface area contributed by atoms with E-state index in [1.807, 2.05) is 0 Å². The van der Waals surface area contributed by atoms with Crippen LogP contribution in [0.15, 0.2) is 42.5 Å². The first-order valence-corrected chi connectivity index (χ1v) is 8.93. The van der Waals surface area contributed by atoms with Crippen LogP contribution in [0, 0.1) is 0 Å². The summed E-state index contributed by atoms with van der Waals surface area (Å²) in [7, 11) is 0. The Kier molecular flexibility index (Phi) is 6.38. The van der Waals surface area contributed by atoms with Crippen LogP contribution in [0.5, 0.6) is 5.75 Å². The van der Waals surface area contributed by atoms with Crippen LogP contribution in [0.4, 0.5) is 26.3 Å². The van der Waals surface area contributed by atoms with Crippen molar-refractivity contribution in [2.75, 3.05) is 19.8 Å². The van der Waals surface area contributed by atoms with E-state index >= 15 is 0 Å². The van der Waals surface area contributed by atoms with Gasteiger partial charge >= 0.3 is 12.4 Å². The van der Waals surface area contributed by atoms with Crippen molar-refractivity contribution in [2.24, 2.45) is 0 Å². The molecular formula is C20H19F6NO2. The maximum atomic E-state index is 13.0. The van der Waals surface area contributed by atoms with Crippen LogP contribution in [-0.4, -0.2) is 25.8 Å². The van der Waals surface area contributed by atoms with Crippen molar-refractivity contribution in [1.29, 1.82) is 0 Å². The SMILES string of the molecule is FC(F)(F)c1cc(COc2ccccc2C[C@H]2COCCN2)cc(C(F)(F)F)c1. The van der Waals surface area contributed by atoms with Crippen molar-refractivity contribution in [3.63, 3.8) is 0 Å². The van der Waals surface area contributed by atoms with Crippen molar-refractivity contribution < 1.29 is 35.8 Å². The number of hydrogen-bond donors (Lipinski definition) is 1. The van der Waals surface area contributed by atoms with Crippen molar-refractivity contribution in [3.8, 4) is 5.75 Å². The fourth-order valence-corrected chi connectivity index (χ4v) is 3.09. The topological polar surface area (TPSA) is 30.5 Å². The molecule has 0 aromatic heterocycles. The van der Waals surface area contributed by atoms with Gasteiger partial charge in [0.1, 0.15) is 12.4 Å². The lowest BCUT2D eigenvalue weighted by atomic mass is 10.0. The predicted molar refractivity (Wildman–Crippen MR) is 93.5 cm³/mol. The summed E-state index contributed by atoms with van der Waals surface area (Å²) >= 11 is 0. The Balaban J connectivity index is 1.79. The molecular weight excluding hydrogens is 400 g/mol. The van der Waals surface area contributed by atoms with E-state index in [1.165, 1.54) is 0 Å². The quantitative estimate of drug-likeness (QED) is 0.704. The van der Waals surface area contributed by atoms with Gasteiger partial charge in [-0.25, -0.2) is 0 Å². The average molecular weight is 419 g/mol. The van der Waals surface area contributed by atoms with Crippen molar-refractivity contribution in [2.45, 2.75) is 31.4 Å². The van der Waals surface area contributed by atoms with Gasteiger partial charge in [0, 0.05) is 12.6 Å². The number of rotatable bonds is 5. The first-order chi connectivity index (χ1) is 13.6. The predicted octanol–water partition coefficient (Wildman–Crippen LogP) is 4.83. The van der Waals surface area contributed by atoms with Crippen LogP contribution >= 0.6 is 0 Å². The molecule has 0 spiro atoms. The van der Waals surface area contributed by atoms with E-state index in [-0.39, 0.29) is 17.7 Å². The number of benzene rings is 2. The van der Waals surface area contributed by atoms with E-state index in [0.29, 0.717) is 44.1 Å². The Morgan fingerprint density at radius 3 is 2.21 bits per heavy atom. The summed E-state index contributed by atoms with van der Waals surface area (Å²) in [5.74, 6) is 0.408. The third-order valence-electron chi connectivity index (χ3n) is 4.48. The largest absolute Gasteiger partial charge is 0.489 e. The molecule has 3 rings (SSSR count). The lowest BCUT2D eigenvalue weighted by Crippen LogP contribution is -2.42. The van der Waals surface area contributed by atoms with E-state index in [0.717, 1.165) is 5.56 Å². The molecule has 1 aliphatic heterocycles. The monoisotopic (exact) mass is 419 g/mol. The highest BCUT2D eigenvalue weighted by Gasteiger charge is 2.36. The second-order valence-electron chi connectivity index (χ2n) is 6.74. The minimum atomic E-state index is -4.89. The number of alkyl halides is 6. The molecule has 0 saturated carbocycles. The molecule has 29 heavy (non-hydrogen) atoms. The highest BCUT2D eigenvalue weighted by atomic mass is 19.4. The van der Waals surface area contributed by atoms with Gasteiger partial charge < -0.3 is 14.8 Å². The number of halogens is 6. The third kappa shape index (κ3) is 5.86. The molecule has 1 aliphatic rings. The maximum Gasteiger partial charge on any atom is 0.416 e. The first kappa shape index (κ1) is 21.4. The van der Waals surface area contributed by atoms with Gasteiger partial charge in [-0.05, 0) is 41.8 Å². The number of morpholine rings is 1. The highest BCUT2D eigenvalue weighted by molar-refractivity contribution is 5.36. The lowest BCUT2D eigenvalue weighted by Gasteiger charge is -2.24. The van der Waals surface area contributed by atoms with Crippen LogP contribution in [-0.2, 0) is 30.1 Å². The molecule has 3 nitrogen and oxygen atoms in total. The fraction of sp³-hybridized carbons (Fsp3) is 0.400. The summed E-state index contributed by atoms with van der Waals surface area (Å²) in [6.07, 6.45) is -9.21. The first-order valence-electron chi connectivity index (χ1n) is 8.93. The number of nitrogens with one attached hydrogen (secondary N) is 1. The zero-order valence-corrected chi connectivity index (χ0v) is 15.2. The Morgan fingerprint density at radius 2 is 1.62 bits per heavy atom. The Hall–Kier alpha value is -2.26.